The summed E-state index contributed by atoms with van der Waals surface area (Å²) in [4.78, 5) is 26.0. The fourth-order valence-corrected chi connectivity index (χ4v) is 4.24. The molecule has 1 amide bonds. The highest BCUT2D eigenvalue weighted by molar-refractivity contribution is 5.75. The van der Waals surface area contributed by atoms with Crippen LogP contribution in [0.15, 0.2) is 48.6 Å². The van der Waals surface area contributed by atoms with E-state index in [2.05, 4.69) is 10.2 Å². The Labute approximate surface area is 224 Å². The topological polar surface area (TPSA) is 151 Å². The number of halogens is 3. The lowest BCUT2D eigenvalue weighted by molar-refractivity contribution is -0.757. The fourth-order valence-electron chi connectivity index (χ4n) is 4.24. The quantitative estimate of drug-likeness (QED) is 0.104. The lowest BCUT2D eigenvalue weighted by atomic mass is 9.89. The van der Waals surface area contributed by atoms with E-state index in [0.29, 0.717) is 25.7 Å². The second kappa shape index (κ2) is 16.1. The van der Waals surface area contributed by atoms with Crippen LogP contribution in [0.25, 0.3) is 0 Å². The first-order valence-electron chi connectivity index (χ1n) is 12.7. The van der Waals surface area contributed by atoms with Gasteiger partial charge in [0.2, 0.25) is 5.91 Å². The SMILES string of the molecule is O=C(CCCC=CC[C@@H]1[C@@H](C=C[C@@H](O)COc2cccc(C(F)(F)F)c2)[C@H](O)C[C@@H]1O)NCCCO[N+](=O)[O-]. The zero-order chi connectivity index (χ0) is 28.8. The van der Waals surface area contributed by atoms with Crippen molar-refractivity contribution in [3.63, 3.8) is 0 Å². The third kappa shape index (κ3) is 12.1. The molecule has 0 saturated heterocycles. The molecule has 0 spiro atoms. The number of amides is 1. The van der Waals surface area contributed by atoms with Crippen molar-refractivity contribution >= 4 is 5.91 Å². The number of ether oxygens (including phenoxy) is 1. The third-order valence-electron chi connectivity index (χ3n) is 6.24. The van der Waals surface area contributed by atoms with Gasteiger partial charge in [-0.25, -0.2) is 0 Å². The molecule has 10 nitrogen and oxygen atoms in total. The molecule has 1 aliphatic carbocycles. The second-order valence-corrected chi connectivity index (χ2v) is 9.26. The number of unbranched alkanes of at least 4 members (excludes halogenated alkanes) is 1. The van der Waals surface area contributed by atoms with Crippen LogP contribution in [0.1, 0.15) is 44.1 Å². The first-order chi connectivity index (χ1) is 18.5. The fraction of sp³-hybridized carbons (Fsp3) is 0.577. The van der Waals surface area contributed by atoms with Crippen molar-refractivity contribution in [2.75, 3.05) is 19.8 Å². The van der Waals surface area contributed by atoms with Crippen molar-refractivity contribution in [1.29, 1.82) is 0 Å². The van der Waals surface area contributed by atoms with Crippen LogP contribution in [0.5, 0.6) is 5.75 Å². The molecule has 1 saturated carbocycles. The summed E-state index contributed by atoms with van der Waals surface area (Å²) in [6.45, 7) is -0.0835. The summed E-state index contributed by atoms with van der Waals surface area (Å²) in [5.41, 5.74) is -0.856. The number of carbonyl (C=O) groups excluding carboxylic acids is 1. The van der Waals surface area contributed by atoms with E-state index >= 15 is 0 Å². The summed E-state index contributed by atoms with van der Waals surface area (Å²) in [6, 6.07) is 4.34. The summed E-state index contributed by atoms with van der Waals surface area (Å²) in [5.74, 6) is -0.928. The number of aliphatic hydroxyl groups excluding tert-OH is 3. The number of allylic oxidation sites excluding steroid dienone is 2. The molecule has 1 aromatic rings. The molecule has 1 fully saturated rings. The summed E-state index contributed by atoms with van der Waals surface area (Å²) in [7, 11) is 0. The van der Waals surface area contributed by atoms with Gasteiger partial charge in [0.15, 0.2) is 0 Å². The highest BCUT2D eigenvalue weighted by Gasteiger charge is 2.39. The number of rotatable bonds is 16. The van der Waals surface area contributed by atoms with Crippen molar-refractivity contribution in [1.82, 2.24) is 5.32 Å². The first kappa shape index (κ1) is 32.1. The normalized spacial score (nSPS) is 22.3. The van der Waals surface area contributed by atoms with Gasteiger partial charge in [-0.15, -0.1) is 10.1 Å². The van der Waals surface area contributed by atoms with Gasteiger partial charge in [0.05, 0.1) is 24.4 Å². The molecule has 0 heterocycles. The number of carbonyl (C=O) groups is 1. The van der Waals surface area contributed by atoms with Crippen LogP contribution in [0.4, 0.5) is 13.2 Å². The minimum Gasteiger partial charge on any atom is -0.491 e. The van der Waals surface area contributed by atoms with Crippen LogP contribution >= 0.6 is 0 Å². The predicted molar refractivity (Wildman–Crippen MR) is 134 cm³/mol. The van der Waals surface area contributed by atoms with E-state index in [9.17, 15) is 43.4 Å². The maximum absolute atomic E-state index is 12.8. The lowest BCUT2D eigenvalue weighted by Crippen LogP contribution is -2.25. The summed E-state index contributed by atoms with van der Waals surface area (Å²) >= 11 is 0. The van der Waals surface area contributed by atoms with Crippen LogP contribution in [0.3, 0.4) is 0 Å². The second-order valence-electron chi connectivity index (χ2n) is 9.26. The van der Waals surface area contributed by atoms with Crippen molar-refractivity contribution in [3.05, 3.63) is 64.2 Å². The van der Waals surface area contributed by atoms with Gasteiger partial charge < -0.3 is 30.2 Å². The van der Waals surface area contributed by atoms with E-state index in [1.54, 1.807) is 6.08 Å². The molecule has 1 aromatic carbocycles. The molecule has 2 rings (SSSR count). The Hall–Kier alpha value is -3.16. The van der Waals surface area contributed by atoms with Crippen LogP contribution in [0, 0.1) is 22.0 Å². The number of hydrogen-bond donors (Lipinski definition) is 4. The van der Waals surface area contributed by atoms with Crippen molar-refractivity contribution in [3.8, 4) is 5.75 Å². The molecular weight excluding hydrogens is 525 g/mol. The van der Waals surface area contributed by atoms with Gasteiger partial charge in [0.1, 0.15) is 18.5 Å². The summed E-state index contributed by atoms with van der Waals surface area (Å²) < 4.78 is 43.8. The van der Waals surface area contributed by atoms with Crippen molar-refractivity contribution < 1.29 is 47.9 Å². The number of nitrogens with zero attached hydrogens (tertiary/aromatic N) is 1. The van der Waals surface area contributed by atoms with Gasteiger partial charge in [-0.3, -0.25) is 4.79 Å². The molecule has 1 aliphatic rings. The molecule has 39 heavy (non-hydrogen) atoms. The maximum atomic E-state index is 12.8. The van der Waals surface area contributed by atoms with Crippen LogP contribution in [-0.4, -0.2) is 64.4 Å². The van der Waals surface area contributed by atoms with Crippen LogP contribution in [0.2, 0.25) is 0 Å². The maximum Gasteiger partial charge on any atom is 0.416 e. The van der Waals surface area contributed by atoms with Crippen LogP contribution < -0.4 is 10.1 Å². The van der Waals surface area contributed by atoms with Gasteiger partial charge in [-0.1, -0.05) is 30.4 Å². The van der Waals surface area contributed by atoms with E-state index in [-0.39, 0.29) is 50.2 Å². The minimum absolute atomic E-state index is 0.0311. The Morgan fingerprint density at radius 1 is 1.23 bits per heavy atom. The molecule has 0 aromatic heterocycles. The van der Waals surface area contributed by atoms with Crippen molar-refractivity contribution in [2.24, 2.45) is 11.8 Å². The number of hydrogen-bond acceptors (Lipinski definition) is 8. The van der Waals surface area contributed by atoms with Gasteiger partial charge in [-0.2, -0.15) is 13.2 Å². The number of aliphatic hydroxyl groups is 3. The highest BCUT2D eigenvalue weighted by atomic mass is 19.4. The average molecular weight is 561 g/mol. The molecule has 0 bridgehead atoms. The Bertz CT molecular complexity index is 973. The third-order valence-corrected chi connectivity index (χ3v) is 6.24. The molecular formula is C26H35F3N2O8. The lowest BCUT2D eigenvalue weighted by Gasteiger charge is -2.19. The molecule has 0 unspecified atom stereocenters. The smallest absolute Gasteiger partial charge is 0.416 e. The predicted octanol–water partition coefficient (Wildman–Crippen LogP) is 3.19. The van der Waals surface area contributed by atoms with Gasteiger partial charge in [0.25, 0.3) is 5.09 Å². The Morgan fingerprint density at radius 2 is 2.00 bits per heavy atom. The summed E-state index contributed by atoms with van der Waals surface area (Å²) in [5, 5.41) is 42.7. The number of benzene rings is 1. The van der Waals surface area contributed by atoms with E-state index in [4.69, 9.17) is 4.74 Å². The van der Waals surface area contributed by atoms with E-state index in [1.807, 2.05) is 12.2 Å². The van der Waals surface area contributed by atoms with E-state index < -0.39 is 41.1 Å². The largest absolute Gasteiger partial charge is 0.491 e. The monoisotopic (exact) mass is 560 g/mol. The Morgan fingerprint density at radius 3 is 2.72 bits per heavy atom. The minimum atomic E-state index is -4.51. The van der Waals surface area contributed by atoms with E-state index in [0.717, 1.165) is 12.1 Å². The summed E-state index contributed by atoms with van der Waals surface area (Å²) in [6.07, 6.45) is 2.02. The number of nitrogens with one attached hydrogen (secondary N) is 1. The molecule has 218 valence electrons. The zero-order valence-electron chi connectivity index (χ0n) is 21.3. The van der Waals surface area contributed by atoms with Gasteiger partial charge >= 0.3 is 6.18 Å². The Kier molecular flexibility index (Phi) is 13.2. The molecule has 4 N–H and O–H groups in total. The average Bonchev–Trinajstić information content (AvgIpc) is 3.14. The standard InChI is InChI=1S/C26H35F3N2O8/c27-26(28,29)18-7-5-8-20(15-18)38-17-19(32)11-12-22-21(23(33)16-24(22)34)9-3-1-2-4-10-25(35)30-13-6-14-39-31(36)37/h1,3,5,7-8,11-12,15,19,21-24,32-34H,2,4,6,9-10,13-14,16-17H2,(H,30,35)/t19-,21-,22-,23+,24-/m1/s1. The Balaban J connectivity index is 1.73. The molecule has 0 radical (unpaired) electrons. The molecule has 0 aliphatic heterocycles. The zero-order valence-corrected chi connectivity index (χ0v) is 21.3. The molecule has 13 heteroatoms. The molecule has 5 atom stereocenters. The van der Waals surface area contributed by atoms with Gasteiger partial charge in [0, 0.05) is 25.3 Å². The van der Waals surface area contributed by atoms with Crippen molar-refractivity contribution in [2.45, 2.75) is 63.0 Å². The van der Waals surface area contributed by atoms with Gasteiger partial charge in [-0.05, 0) is 49.8 Å². The van der Waals surface area contributed by atoms with Crippen LogP contribution in [-0.2, 0) is 15.8 Å². The highest BCUT2D eigenvalue weighted by Crippen LogP contribution is 2.36. The van der Waals surface area contributed by atoms with E-state index in [1.165, 1.54) is 18.2 Å². The first-order valence-corrected chi connectivity index (χ1v) is 12.7. The number of alkyl halides is 3.